The van der Waals surface area contributed by atoms with Crippen molar-refractivity contribution >= 4 is 17.5 Å². The van der Waals surface area contributed by atoms with Crippen LogP contribution in [0, 0.1) is 12.8 Å². The largest absolute Gasteiger partial charge is 0.344 e. The average molecular weight is 274 g/mol. The second kappa shape index (κ2) is 6.07. The summed E-state index contributed by atoms with van der Waals surface area (Å²) in [5, 5.41) is 2.84. The fourth-order valence-electron chi connectivity index (χ4n) is 2.52. The summed E-state index contributed by atoms with van der Waals surface area (Å²) >= 11 is 0. The highest BCUT2D eigenvalue weighted by molar-refractivity contribution is 6.01. The molecule has 0 spiro atoms. The van der Waals surface area contributed by atoms with Gasteiger partial charge in [-0.25, -0.2) is 0 Å². The Bertz CT molecular complexity index is 511. The Kier molecular flexibility index (Phi) is 4.42. The lowest BCUT2D eigenvalue weighted by molar-refractivity contribution is -0.125. The van der Waals surface area contributed by atoms with Crippen molar-refractivity contribution in [2.24, 2.45) is 5.92 Å². The lowest BCUT2D eigenvalue weighted by Crippen LogP contribution is -2.45. The van der Waals surface area contributed by atoms with Crippen LogP contribution in [0.3, 0.4) is 0 Å². The number of anilines is 1. The van der Waals surface area contributed by atoms with Crippen molar-refractivity contribution in [1.29, 1.82) is 0 Å². The monoisotopic (exact) mass is 274 g/mol. The molecule has 2 rings (SSSR count). The van der Waals surface area contributed by atoms with Gasteiger partial charge in [0.2, 0.25) is 11.8 Å². The van der Waals surface area contributed by atoms with Gasteiger partial charge in [0.1, 0.15) is 6.04 Å². The molecule has 0 aromatic heterocycles. The van der Waals surface area contributed by atoms with E-state index in [0.717, 1.165) is 11.3 Å². The molecule has 0 saturated carbocycles. The summed E-state index contributed by atoms with van der Waals surface area (Å²) in [5.74, 6) is 0.316. The van der Waals surface area contributed by atoms with Gasteiger partial charge < -0.3 is 10.2 Å². The first-order chi connectivity index (χ1) is 9.47. The van der Waals surface area contributed by atoms with Crippen LogP contribution in [0.1, 0.15) is 32.3 Å². The Hall–Kier alpha value is -1.84. The van der Waals surface area contributed by atoms with Gasteiger partial charge in [-0.1, -0.05) is 26.0 Å². The van der Waals surface area contributed by atoms with Crippen LogP contribution in [0.15, 0.2) is 24.3 Å². The maximum Gasteiger partial charge on any atom is 0.249 e. The average Bonchev–Trinajstić information content (AvgIpc) is 2.49. The van der Waals surface area contributed by atoms with Gasteiger partial charge in [0, 0.05) is 18.7 Å². The molecule has 1 heterocycles. The Morgan fingerprint density at radius 1 is 1.35 bits per heavy atom. The second-order valence-electron chi connectivity index (χ2n) is 5.83. The van der Waals surface area contributed by atoms with Gasteiger partial charge in [-0.05, 0) is 37.0 Å². The highest BCUT2D eigenvalue weighted by Crippen LogP contribution is 2.20. The zero-order valence-electron chi connectivity index (χ0n) is 12.3. The summed E-state index contributed by atoms with van der Waals surface area (Å²) in [6, 6.07) is 7.44. The third-order valence-corrected chi connectivity index (χ3v) is 3.48. The van der Waals surface area contributed by atoms with E-state index in [2.05, 4.69) is 19.2 Å². The summed E-state index contributed by atoms with van der Waals surface area (Å²) in [6.45, 7) is 6.56. The number of hydrogen-bond donors (Lipinski definition) is 1. The van der Waals surface area contributed by atoms with Crippen LogP contribution < -0.4 is 10.2 Å². The van der Waals surface area contributed by atoms with Crippen molar-refractivity contribution in [2.45, 2.75) is 39.7 Å². The zero-order valence-corrected chi connectivity index (χ0v) is 12.3. The maximum atomic E-state index is 12.6. The fourth-order valence-corrected chi connectivity index (χ4v) is 2.52. The van der Waals surface area contributed by atoms with E-state index < -0.39 is 6.04 Å². The predicted molar refractivity (Wildman–Crippen MR) is 79.5 cm³/mol. The van der Waals surface area contributed by atoms with Crippen molar-refractivity contribution in [1.82, 2.24) is 5.32 Å². The highest BCUT2D eigenvalue weighted by atomic mass is 16.2. The molecule has 0 aliphatic carbocycles. The molecule has 1 aromatic rings. The van der Waals surface area contributed by atoms with Crippen molar-refractivity contribution in [2.75, 3.05) is 11.4 Å². The van der Waals surface area contributed by atoms with Crippen molar-refractivity contribution in [3.05, 3.63) is 29.8 Å². The van der Waals surface area contributed by atoms with Crippen LogP contribution in [-0.2, 0) is 9.59 Å². The standard InChI is InChI=1S/C16H22N2O2/c1-11(2)9-14-16(20)18(8-7-15(19)17-14)13-6-4-5-12(3)10-13/h4-6,10-11,14H,7-9H2,1-3H3,(H,17,19). The Balaban J connectivity index is 2.27. The Labute approximate surface area is 120 Å². The molecule has 20 heavy (non-hydrogen) atoms. The van der Waals surface area contributed by atoms with Crippen molar-refractivity contribution in [3.8, 4) is 0 Å². The van der Waals surface area contributed by atoms with Gasteiger partial charge in [-0.2, -0.15) is 0 Å². The molecule has 1 aromatic carbocycles. The number of nitrogens with zero attached hydrogens (tertiary/aromatic N) is 1. The molecular weight excluding hydrogens is 252 g/mol. The van der Waals surface area contributed by atoms with E-state index in [4.69, 9.17) is 0 Å². The molecule has 1 atom stereocenters. The summed E-state index contributed by atoms with van der Waals surface area (Å²) in [4.78, 5) is 26.2. The van der Waals surface area contributed by atoms with E-state index >= 15 is 0 Å². The minimum absolute atomic E-state index is 0.00449. The number of aryl methyl sites for hydroxylation is 1. The van der Waals surface area contributed by atoms with Crippen LogP contribution in [-0.4, -0.2) is 24.4 Å². The molecule has 1 aliphatic heterocycles. The lowest BCUT2D eigenvalue weighted by atomic mass is 10.0. The van der Waals surface area contributed by atoms with Crippen LogP contribution in [0.2, 0.25) is 0 Å². The number of hydrogen-bond acceptors (Lipinski definition) is 2. The molecule has 1 saturated heterocycles. The van der Waals surface area contributed by atoms with Crippen molar-refractivity contribution in [3.63, 3.8) is 0 Å². The summed E-state index contributed by atoms with van der Waals surface area (Å²) in [7, 11) is 0. The van der Waals surface area contributed by atoms with Gasteiger partial charge in [0.05, 0.1) is 0 Å². The zero-order chi connectivity index (χ0) is 14.7. The van der Waals surface area contributed by atoms with Crippen LogP contribution >= 0.6 is 0 Å². The molecule has 1 N–H and O–H groups in total. The first kappa shape index (κ1) is 14.6. The van der Waals surface area contributed by atoms with Crippen LogP contribution in [0.25, 0.3) is 0 Å². The van der Waals surface area contributed by atoms with Gasteiger partial charge in [0.25, 0.3) is 0 Å². The first-order valence-corrected chi connectivity index (χ1v) is 7.15. The Morgan fingerprint density at radius 2 is 2.10 bits per heavy atom. The molecule has 4 nitrogen and oxygen atoms in total. The van der Waals surface area contributed by atoms with E-state index in [1.807, 2.05) is 31.2 Å². The topological polar surface area (TPSA) is 49.4 Å². The van der Waals surface area contributed by atoms with E-state index in [1.54, 1.807) is 4.90 Å². The molecule has 4 heteroatoms. The van der Waals surface area contributed by atoms with Gasteiger partial charge >= 0.3 is 0 Å². The molecule has 108 valence electrons. The van der Waals surface area contributed by atoms with Crippen LogP contribution in [0.4, 0.5) is 5.69 Å². The second-order valence-corrected chi connectivity index (χ2v) is 5.83. The molecular formula is C16H22N2O2. The first-order valence-electron chi connectivity index (χ1n) is 7.15. The van der Waals surface area contributed by atoms with Crippen molar-refractivity contribution < 1.29 is 9.59 Å². The number of nitrogens with one attached hydrogen (secondary N) is 1. The fraction of sp³-hybridized carbons (Fsp3) is 0.500. The third kappa shape index (κ3) is 3.38. The smallest absolute Gasteiger partial charge is 0.249 e. The molecule has 1 unspecified atom stereocenters. The van der Waals surface area contributed by atoms with Gasteiger partial charge in [0.15, 0.2) is 0 Å². The summed E-state index contributed by atoms with van der Waals surface area (Å²) < 4.78 is 0. The minimum atomic E-state index is -0.412. The van der Waals surface area contributed by atoms with E-state index in [1.165, 1.54) is 0 Å². The molecule has 1 aliphatic rings. The van der Waals surface area contributed by atoms with Gasteiger partial charge in [-0.15, -0.1) is 0 Å². The number of benzene rings is 1. The number of amides is 2. The minimum Gasteiger partial charge on any atom is -0.344 e. The Morgan fingerprint density at radius 3 is 2.75 bits per heavy atom. The normalized spacial score (nSPS) is 20.0. The summed E-state index contributed by atoms with van der Waals surface area (Å²) in [5.41, 5.74) is 1.99. The lowest BCUT2D eigenvalue weighted by Gasteiger charge is -2.25. The predicted octanol–water partition coefficient (Wildman–Crippen LogP) is 2.26. The molecule has 1 fully saturated rings. The summed E-state index contributed by atoms with van der Waals surface area (Å²) in [6.07, 6.45) is 1.03. The number of carbonyl (C=O) groups excluding carboxylic acids is 2. The van der Waals surface area contributed by atoms with Crippen LogP contribution in [0.5, 0.6) is 0 Å². The van der Waals surface area contributed by atoms with E-state index in [0.29, 0.717) is 25.3 Å². The number of carbonyl (C=O) groups is 2. The molecule has 0 bridgehead atoms. The maximum absolute atomic E-state index is 12.6. The SMILES string of the molecule is Cc1cccc(N2CCC(=O)NC(CC(C)C)C2=O)c1. The number of rotatable bonds is 3. The van der Waals surface area contributed by atoms with E-state index in [-0.39, 0.29) is 11.8 Å². The molecule has 0 radical (unpaired) electrons. The van der Waals surface area contributed by atoms with E-state index in [9.17, 15) is 9.59 Å². The molecule has 2 amide bonds. The highest BCUT2D eigenvalue weighted by Gasteiger charge is 2.30. The third-order valence-electron chi connectivity index (χ3n) is 3.48. The van der Waals surface area contributed by atoms with Gasteiger partial charge in [-0.3, -0.25) is 9.59 Å². The quantitative estimate of drug-likeness (QED) is 0.919.